The Labute approximate surface area is 121 Å². The van der Waals surface area contributed by atoms with Crippen LogP contribution in [0.4, 0.5) is 0 Å². The molecule has 0 bridgehead atoms. The molecule has 0 saturated carbocycles. The van der Waals surface area contributed by atoms with Crippen LogP contribution in [-0.4, -0.2) is 6.54 Å². The fraction of sp³-hybridized carbons (Fsp3) is 0.421. The Morgan fingerprint density at radius 1 is 1.00 bits per heavy atom. The third-order valence-corrected chi connectivity index (χ3v) is 4.33. The van der Waals surface area contributed by atoms with Crippen LogP contribution in [0.5, 0.6) is 0 Å². The lowest BCUT2D eigenvalue weighted by atomic mass is 9.89. The molecule has 0 unspecified atom stereocenters. The molecule has 1 aliphatic rings. The van der Waals surface area contributed by atoms with Crippen LogP contribution in [0.15, 0.2) is 35.3 Å². The van der Waals surface area contributed by atoms with Crippen molar-refractivity contribution in [1.82, 2.24) is 0 Å². The Morgan fingerprint density at radius 3 is 2.45 bits per heavy atom. The van der Waals surface area contributed by atoms with Crippen LogP contribution >= 0.6 is 0 Å². The number of nitrogens with zero attached hydrogens (tertiary/aromatic N) is 1. The van der Waals surface area contributed by atoms with Gasteiger partial charge in [-0.2, -0.15) is 0 Å². The van der Waals surface area contributed by atoms with Gasteiger partial charge >= 0.3 is 0 Å². The molecule has 0 amide bonds. The first kappa shape index (κ1) is 13.4. The van der Waals surface area contributed by atoms with Crippen LogP contribution in [-0.2, 0) is 0 Å². The van der Waals surface area contributed by atoms with E-state index in [2.05, 4.69) is 58.0 Å². The molecule has 0 atom stereocenters. The summed E-state index contributed by atoms with van der Waals surface area (Å²) >= 11 is 0. The minimum atomic E-state index is 0.505. The molecule has 0 N–H and O–H groups in total. The van der Waals surface area contributed by atoms with E-state index in [0.717, 1.165) is 13.0 Å². The molecule has 0 saturated heterocycles. The van der Waals surface area contributed by atoms with Crippen molar-refractivity contribution in [1.29, 1.82) is 0 Å². The van der Waals surface area contributed by atoms with Gasteiger partial charge in [0.15, 0.2) is 0 Å². The van der Waals surface area contributed by atoms with E-state index in [1.165, 1.54) is 26.9 Å². The summed E-state index contributed by atoms with van der Waals surface area (Å²) in [7, 11) is 0. The molecule has 0 radical (unpaired) electrons. The second kappa shape index (κ2) is 5.05. The molecule has 1 heteroatoms. The second-order valence-corrected chi connectivity index (χ2v) is 6.37. The molecule has 1 nitrogen and oxygen atoms in total. The zero-order valence-corrected chi connectivity index (χ0v) is 12.9. The summed E-state index contributed by atoms with van der Waals surface area (Å²) in [5.41, 5.74) is 3.00. The highest BCUT2D eigenvalue weighted by molar-refractivity contribution is 5.86. The van der Waals surface area contributed by atoms with Crippen molar-refractivity contribution in [3.8, 4) is 0 Å². The normalized spacial score (nSPS) is 14.8. The molecule has 2 aromatic rings. The maximum Gasteiger partial charge on any atom is 0.0687 e. The average molecular weight is 265 g/mol. The first-order valence-corrected chi connectivity index (χ1v) is 7.68. The van der Waals surface area contributed by atoms with Gasteiger partial charge in [0.2, 0.25) is 0 Å². The number of hydrogen-bond donors (Lipinski definition) is 0. The number of rotatable bonds is 2. The van der Waals surface area contributed by atoms with Gasteiger partial charge in [-0.05, 0) is 40.7 Å². The zero-order valence-electron chi connectivity index (χ0n) is 12.9. The van der Waals surface area contributed by atoms with E-state index in [1.54, 1.807) is 5.57 Å². The van der Waals surface area contributed by atoms with E-state index in [1.807, 2.05) is 0 Å². The fourth-order valence-corrected chi connectivity index (χ4v) is 3.39. The van der Waals surface area contributed by atoms with Crippen LogP contribution in [0.25, 0.3) is 16.3 Å². The molecule has 0 fully saturated rings. The molecule has 2 aromatic carbocycles. The third kappa shape index (κ3) is 2.06. The molecule has 0 aliphatic carbocycles. The van der Waals surface area contributed by atoms with Gasteiger partial charge in [-0.25, -0.2) is 0 Å². The molecular weight excluding hydrogens is 242 g/mol. The maximum absolute atomic E-state index is 4.88. The molecule has 104 valence electrons. The standard InChI is InChI=1S/C19H23N/c1-12(2)15-9-10-20-19-17(15)11-14-7-5-6-8-16(14)18(19)13(3)4/h5-8,11-13H,9-10H2,1-4H3. The summed E-state index contributed by atoms with van der Waals surface area (Å²) in [6, 6.07) is 11.1. The third-order valence-electron chi connectivity index (χ3n) is 4.33. The van der Waals surface area contributed by atoms with E-state index >= 15 is 0 Å². The SMILES string of the molecule is CC(C)C1=c2cc3ccccc3c(C(C)C)c2=NCC1. The lowest BCUT2D eigenvalue weighted by Gasteiger charge is -2.19. The Balaban J connectivity index is 2.55. The molecule has 3 rings (SSSR count). The Kier molecular flexibility index (Phi) is 3.37. The smallest absolute Gasteiger partial charge is 0.0687 e. The van der Waals surface area contributed by atoms with Crippen LogP contribution < -0.4 is 10.6 Å². The molecule has 0 spiro atoms. The largest absolute Gasteiger partial charge is 0.284 e. The highest BCUT2D eigenvalue weighted by atomic mass is 14.7. The predicted octanol–water partition coefficient (Wildman–Crippen LogP) is 3.79. The minimum absolute atomic E-state index is 0.505. The van der Waals surface area contributed by atoms with Crippen LogP contribution in [0, 0.1) is 5.92 Å². The van der Waals surface area contributed by atoms with Crippen LogP contribution in [0.2, 0.25) is 0 Å². The summed E-state index contributed by atoms with van der Waals surface area (Å²) in [4.78, 5) is 4.88. The highest BCUT2D eigenvalue weighted by Gasteiger charge is 2.15. The Hall–Kier alpha value is -1.63. The van der Waals surface area contributed by atoms with Crippen molar-refractivity contribution in [3.05, 3.63) is 46.5 Å². The Bertz CT molecular complexity index is 766. The van der Waals surface area contributed by atoms with E-state index < -0.39 is 0 Å². The summed E-state index contributed by atoms with van der Waals surface area (Å²) in [6.07, 6.45) is 1.11. The summed E-state index contributed by atoms with van der Waals surface area (Å²) in [6.45, 7) is 10.1. The van der Waals surface area contributed by atoms with Gasteiger partial charge in [0.05, 0.1) is 5.36 Å². The lowest BCUT2D eigenvalue weighted by molar-refractivity contribution is 0.765. The van der Waals surface area contributed by atoms with Crippen molar-refractivity contribution >= 4 is 16.3 Å². The van der Waals surface area contributed by atoms with E-state index in [-0.39, 0.29) is 0 Å². The van der Waals surface area contributed by atoms with Gasteiger partial charge in [0.1, 0.15) is 0 Å². The molecule has 1 aliphatic heterocycles. The summed E-state index contributed by atoms with van der Waals surface area (Å²) in [5, 5.41) is 5.38. The zero-order chi connectivity index (χ0) is 14.3. The number of benzene rings is 2. The second-order valence-electron chi connectivity index (χ2n) is 6.37. The van der Waals surface area contributed by atoms with Crippen molar-refractivity contribution in [2.45, 2.75) is 40.0 Å². The molecule has 0 aromatic heterocycles. The molecule has 1 heterocycles. The van der Waals surface area contributed by atoms with Gasteiger partial charge in [-0.1, -0.05) is 57.5 Å². The van der Waals surface area contributed by atoms with Crippen molar-refractivity contribution in [2.75, 3.05) is 6.54 Å². The van der Waals surface area contributed by atoms with Crippen LogP contribution in [0.3, 0.4) is 0 Å². The lowest BCUT2D eigenvalue weighted by Crippen LogP contribution is -2.36. The van der Waals surface area contributed by atoms with Crippen molar-refractivity contribution < 1.29 is 0 Å². The maximum atomic E-state index is 4.88. The van der Waals surface area contributed by atoms with E-state index in [9.17, 15) is 0 Å². The monoisotopic (exact) mass is 265 g/mol. The fourth-order valence-electron chi connectivity index (χ4n) is 3.39. The van der Waals surface area contributed by atoms with Crippen LogP contribution in [0.1, 0.15) is 45.6 Å². The first-order valence-electron chi connectivity index (χ1n) is 7.68. The Morgan fingerprint density at radius 2 is 1.75 bits per heavy atom. The topological polar surface area (TPSA) is 12.4 Å². The summed E-state index contributed by atoms with van der Waals surface area (Å²) < 4.78 is 0. The minimum Gasteiger partial charge on any atom is -0.284 e. The molecular formula is C19H23N. The van der Waals surface area contributed by atoms with Gasteiger partial charge in [0, 0.05) is 11.8 Å². The molecule has 20 heavy (non-hydrogen) atoms. The summed E-state index contributed by atoms with van der Waals surface area (Å²) in [5.74, 6) is 1.11. The van der Waals surface area contributed by atoms with Crippen molar-refractivity contribution in [2.24, 2.45) is 10.9 Å². The first-order chi connectivity index (χ1) is 9.59. The quantitative estimate of drug-likeness (QED) is 0.783. The van der Waals surface area contributed by atoms with Gasteiger partial charge in [-0.3, -0.25) is 4.99 Å². The highest BCUT2D eigenvalue weighted by Crippen LogP contribution is 2.23. The number of hydrogen-bond acceptors (Lipinski definition) is 1. The van der Waals surface area contributed by atoms with E-state index in [0.29, 0.717) is 11.8 Å². The average Bonchev–Trinajstić information content (AvgIpc) is 2.43. The predicted molar refractivity (Wildman–Crippen MR) is 86.5 cm³/mol. The van der Waals surface area contributed by atoms with Crippen molar-refractivity contribution in [3.63, 3.8) is 0 Å². The van der Waals surface area contributed by atoms with Gasteiger partial charge in [0.25, 0.3) is 0 Å². The number of fused-ring (bicyclic) bond motifs is 2. The van der Waals surface area contributed by atoms with E-state index in [4.69, 9.17) is 4.99 Å². The van der Waals surface area contributed by atoms with Gasteiger partial charge in [-0.15, -0.1) is 0 Å². The van der Waals surface area contributed by atoms with Gasteiger partial charge < -0.3 is 0 Å².